The van der Waals surface area contributed by atoms with Crippen molar-refractivity contribution in [1.29, 1.82) is 0 Å². The highest BCUT2D eigenvalue weighted by Gasteiger charge is 2.42. The Morgan fingerprint density at radius 1 is 1.50 bits per heavy atom. The lowest BCUT2D eigenvalue weighted by molar-refractivity contribution is 0.265. The topological polar surface area (TPSA) is 62.5 Å². The largest absolute Gasteiger partial charge is 0.394 e. The standard InChI is InChI=1S/C10H11FN4O/c11-7-1-2-8-12-9(14-15(8)5-7)13-10(6-16)3-4-10/h1-2,5,16H,3-4,6H2,(H,13,14). The zero-order valence-electron chi connectivity index (χ0n) is 8.52. The lowest BCUT2D eigenvalue weighted by atomic mass is 10.3. The van der Waals surface area contributed by atoms with Crippen molar-refractivity contribution in [3.63, 3.8) is 0 Å². The van der Waals surface area contributed by atoms with Crippen LogP contribution in [0.2, 0.25) is 0 Å². The lowest BCUT2D eigenvalue weighted by Gasteiger charge is -2.11. The molecule has 0 aliphatic heterocycles. The van der Waals surface area contributed by atoms with Crippen LogP contribution in [-0.2, 0) is 0 Å². The first-order valence-electron chi connectivity index (χ1n) is 5.12. The van der Waals surface area contributed by atoms with Crippen molar-refractivity contribution in [3.8, 4) is 0 Å². The van der Waals surface area contributed by atoms with Crippen LogP contribution in [-0.4, -0.2) is 31.9 Å². The molecule has 1 fully saturated rings. The molecule has 0 aromatic carbocycles. The molecule has 16 heavy (non-hydrogen) atoms. The third-order valence-corrected chi connectivity index (χ3v) is 2.83. The van der Waals surface area contributed by atoms with E-state index in [1.54, 1.807) is 6.07 Å². The Labute approximate surface area is 90.9 Å². The van der Waals surface area contributed by atoms with E-state index in [4.69, 9.17) is 5.11 Å². The summed E-state index contributed by atoms with van der Waals surface area (Å²) in [6.07, 6.45) is 3.09. The molecule has 0 atom stereocenters. The molecule has 3 rings (SSSR count). The average Bonchev–Trinajstić information content (AvgIpc) is 2.92. The number of pyridine rings is 1. The molecule has 0 radical (unpaired) electrons. The van der Waals surface area contributed by atoms with Gasteiger partial charge in [-0.3, -0.25) is 0 Å². The molecule has 0 amide bonds. The van der Waals surface area contributed by atoms with Crippen LogP contribution >= 0.6 is 0 Å². The van der Waals surface area contributed by atoms with Gasteiger partial charge in [0.1, 0.15) is 5.82 Å². The third-order valence-electron chi connectivity index (χ3n) is 2.83. The van der Waals surface area contributed by atoms with Gasteiger partial charge in [-0.25, -0.2) is 8.91 Å². The normalized spacial score (nSPS) is 17.6. The molecule has 2 N–H and O–H groups in total. The summed E-state index contributed by atoms with van der Waals surface area (Å²) in [5.41, 5.74) is 0.321. The number of fused-ring (bicyclic) bond motifs is 1. The maximum absolute atomic E-state index is 12.9. The van der Waals surface area contributed by atoms with E-state index in [9.17, 15) is 4.39 Å². The molecule has 2 aromatic rings. The van der Waals surface area contributed by atoms with E-state index in [2.05, 4.69) is 15.4 Å². The van der Waals surface area contributed by atoms with E-state index in [-0.39, 0.29) is 18.0 Å². The van der Waals surface area contributed by atoms with Gasteiger partial charge in [0.2, 0.25) is 5.95 Å². The highest BCUT2D eigenvalue weighted by Crippen LogP contribution is 2.37. The number of aliphatic hydroxyl groups excluding tert-OH is 1. The van der Waals surface area contributed by atoms with Crippen molar-refractivity contribution < 1.29 is 9.50 Å². The van der Waals surface area contributed by atoms with E-state index >= 15 is 0 Å². The quantitative estimate of drug-likeness (QED) is 0.806. The predicted molar refractivity (Wildman–Crippen MR) is 55.6 cm³/mol. The Morgan fingerprint density at radius 2 is 2.31 bits per heavy atom. The van der Waals surface area contributed by atoms with Gasteiger partial charge in [0, 0.05) is 0 Å². The molecule has 0 unspecified atom stereocenters. The highest BCUT2D eigenvalue weighted by molar-refractivity contribution is 5.45. The second-order valence-electron chi connectivity index (χ2n) is 4.15. The van der Waals surface area contributed by atoms with E-state index in [1.807, 2.05) is 0 Å². The predicted octanol–water partition coefficient (Wildman–Crippen LogP) is 0.805. The molecule has 2 aromatic heterocycles. The van der Waals surface area contributed by atoms with Crippen LogP contribution in [0, 0.1) is 5.82 Å². The van der Waals surface area contributed by atoms with Crippen molar-refractivity contribution in [2.45, 2.75) is 18.4 Å². The zero-order valence-corrected chi connectivity index (χ0v) is 8.52. The monoisotopic (exact) mass is 222 g/mol. The number of anilines is 1. The Morgan fingerprint density at radius 3 is 3.00 bits per heavy atom. The molecule has 1 aliphatic carbocycles. The molecule has 6 heteroatoms. The summed E-state index contributed by atoms with van der Waals surface area (Å²) < 4.78 is 14.3. The fourth-order valence-corrected chi connectivity index (χ4v) is 1.62. The Balaban J connectivity index is 1.93. The van der Waals surface area contributed by atoms with Gasteiger partial charge < -0.3 is 10.4 Å². The number of hydrogen-bond acceptors (Lipinski definition) is 4. The zero-order chi connectivity index (χ0) is 11.2. The second-order valence-corrected chi connectivity index (χ2v) is 4.15. The first kappa shape index (κ1) is 9.53. The van der Waals surface area contributed by atoms with Gasteiger partial charge in [-0.05, 0) is 25.0 Å². The fraction of sp³-hybridized carbons (Fsp3) is 0.400. The number of rotatable bonds is 3. The average molecular weight is 222 g/mol. The minimum Gasteiger partial charge on any atom is -0.394 e. The lowest BCUT2D eigenvalue weighted by Crippen LogP contribution is -2.26. The van der Waals surface area contributed by atoms with Crippen LogP contribution in [0.4, 0.5) is 10.3 Å². The summed E-state index contributed by atoms with van der Waals surface area (Å²) in [4.78, 5) is 4.19. The Hall–Kier alpha value is -1.69. The molecular weight excluding hydrogens is 211 g/mol. The van der Waals surface area contributed by atoms with Gasteiger partial charge in [0.15, 0.2) is 5.65 Å². The van der Waals surface area contributed by atoms with Gasteiger partial charge in [0.05, 0.1) is 18.3 Å². The van der Waals surface area contributed by atoms with Crippen LogP contribution in [0.1, 0.15) is 12.8 Å². The van der Waals surface area contributed by atoms with Crippen LogP contribution in [0.25, 0.3) is 5.65 Å². The van der Waals surface area contributed by atoms with Crippen molar-refractivity contribution >= 4 is 11.6 Å². The first-order valence-corrected chi connectivity index (χ1v) is 5.12. The van der Waals surface area contributed by atoms with Gasteiger partial charge in [0.25, 0.3) is 0 Å². The SMILES string of the molecule is OCC1(Nc2nc3ccc(F)cn3n2)CC1. The van der Waals surface area contributed by atoms with Crippen LogP contribution in [0.5, 0.6) is 0 Å². The summed E-state index contributed by atoms with van der Waals surface area (Å²) in [5, 5.41) is 16.3. The highest BCUT2D eigenvalue weighted by atomic mass is 19.1. The van der Waals surface area contributed by atoms with Crippen molar-refractivity contribution in [3.05, 3.63) is 24.1 Å². The number of nitrogens with zero attached hydrogens (tertiary/aromatic N) is 3. The smallest absolute Gasteiger partial charge is 0.243 e. The molecule has 84 valence electrons. The van der Waals surface area contributed by atoms with E-state index in [0.717, 1.165) is 12.8 Å². The summed E-state index contributed by atoms with van der Waals surface area (Å²) in [6.45, 7) is 0.0664. The number of nitrogens with one attached hydrogen (secondary N) is 1. The van der Waals surface area contributed by atoms with E-state index in [1.165, 1.54) is 16.8 Å². The molecule has 0 saturated heterocycles. The Bertz CT molecular complexity index is 535. The molecule has 1 saturated carbocycles. The van der Waals surface area contributed by atoms with Gasteiger partial charge in [-0.2, -0.15) is 4.98 Å². The molecule has 1 aliphatic rings. The summed E-state index contributed by atoms with van der Waals surface area (Å²) >= 11 is 0. The molecular formula is C10H11FN4O. The number of halogens is 1. The van der Waals surface area contributed by atoms with Crippen LogP contribution in [0.15, 0.2) is 18.3 Å². The van der Waals surface area contributed by atoms with Crippen LogP contribution in [0.3, 0.4) is 0 Å². The number of aromatic nitrogens is 3. The van der Waals surface area contributed by atoms with Gasteiger partial charge in [-0.1, -0.05) is 0 Å². The molecule has 5 nitrogen and oxygen atoms in total. The molecule has 0 bridgehead atoms. The van der Waals surface area contributed by atoms with Gasteiger partial charge >= 0.3 is 0 Å². The minimum atomic E-state index is -0.354. The summed E-state index contributed by atoms with van der Waals surface area (Å²) in [5.74, 6) is 0.0735. The van der Waals surface area contributed by atoms with E-state index < -0.39 is 0 Å². The summed E-state index contributed by atoms with van der Waals surface area (Å²) in [6, 6.07) is 2.90. The van der Waals surface area contributed by atoms with Crippen LogP contribution < -0.4 is 5.32 Å². The fourth-order valence-electron chi connectivity index (χ4n) is 1.62. The maximum atomic E-state index is 12.9. The Kier molecular flexibility index (Phi) is 1.88. The van der Waals surface area contributed by atoms with Crippen molar-refractivity contribution in [1.82, 2.24) is 14.6 Å². The molecule has 0 spiro atoms. The first-order chi connectivity index (χ1) is 7.71. The summed E-state index contributed by atoms with van der Waals surface area (Å²) in [7, 11) is 0. The third kappa shape index (κ3) is 1.51. The number of aliphatic hydroxyl groups is 1. The van der Waals surface area contributed by atoms with Gasteiger partial charge in [-0.15, -0.1) is 5.10 Å². The maximum Gasteiger partial charge on any atom is 0.243 e. The van der Waals surface area contributed by atoms with Crippen molar-refractivity contribution in [2.24, 2.45) is 0 Å². The molecule has 2 heterocycles. The van der Waals surface area contributed by atoms with E-state index in [0.29, 0.717) is 11.6 Å². The van der Waals surface area contributed by atoms with Crippen molar-refractivity contribution in [2.75, 3.05) is 11.9 Å². The number of hydrogen-bond donors (Lipinski definition) is 2. The minimum absolute atomic E-state index is 0.0664. The second kappa shape index (κ2) is 3.15.